The van der Waals surface area contributed by atoms with E-state index in [1.54, 1.807) is 6.92 Å². The van der Waals surface area contributed by atoms with Crippen LogP contribution in [0.5, 0.6) is 5.75 Å². The van der Waals surface area contributed by atoms with Crippen LogP contribution in [0.4, 0.5) is 52.1 Å². The largest absolute Gasteiger partial charge is 1.00 e. The fraction of sp³-hybridized carbons (Fsp3) is 0.0938. The Balaban J connectivity index is 0.00000583. The summed E-state index contributed by atoms with van der Waals surface area (Å²) in [5.41, 5.74) is 5.63. The smallest absolute Gasteiger partial charge is 0.744 e. The average molecular weight is 751 g/mol. The third-order valence-corrected chi connectivity index (χ3v) is 9.99. The second-order valence-electron chi connectivity index (χ2n) is 10.5. The van der Waals surface area contributed by atoms with E-state index < -0.39 is 48.6 Å². The summed E-state index contributed by atoms with van der Waals surface area (Å²) in [6.45, 7) is 1.57. The van der Waals surface area contributed by atoms with Crippen molar-refractivity contribution in [2.75, 3.05) is 27.2 Å². The number of carbonyl (C=O) groups excluding carboxylic acids is 1. The topological polar surface area (TPSA) is 207 Å². The van der Waals surface area contributed by atoms with Gasteiger partial charge in [0.25, 0.3) is 10.0 Å². The van der Waals surface area contributed by atoms with E-state index in [9.17, 15) is 44.5 Å². The van der Waals surface area contributed by atoms with Crippen LogP contribution in [0.15, 0.2) is 117 Å². The summed E-state index contributed by atoms with van der Waals surface area (Å²) in [5.74, 6) is -0.605. The number of rotatable bonds is 9. The summed E-state index contributed by atoms with van der Waals surface area (Å²) < 4.78 is 102. The molecule has 0 radical (unpaired) electrons. The van der Waals surface area contributed by atoms with E-state index in [0.29, 0.717) is 0 Å². The minimum atomic E-state index is -4.89. The Kier molecular flexibility index (Phi) is 11.7. The number of nitrogen functional groups attached to an aromatic ring is 1. The number of nitrogens with one attached hydrogen (secondary N) is 2. The molecule has 0 unspecified atom stereocenters. The molecule has 0 saturated carbocycles. The van der Waals surface area contributed by atoms with Crippen LogP contribution >= 0.6 is 0 Å². The molecule has 0 aromatic heterocycles. The van der Waals surface area contributed by atoms with Gasteiger partial charge in [-0.25, -0.2) is 21.6 Å². The first-order valence-electron chi connectivity index (χ1n) is 14.4. The van der Waals surface area contributed by atoms with E-state index in [0.717, 1.165) is 40.7 Å². The molecule has 5 aromatic carbocycles. The van der Waals surface area contributed by atoms with Gasteiger partial charge in [-0.15, -0.1) is 10.2 Å². The maximum atomic E-state index is 13.9. The number of fused-ring (bicyclic) bond motifs is 1. The summed E-state index contributed by atoms with van der Waals surface area (Å²) in [6, 6.07) is 19.1. The molecule has 5 rings (SSSR count). The molecule has 19 heteroatoms. The van der Waals surface area contributed by atoms with Crippen molar-refractivity contribution in [3.63, 3.8) is 0 Å². The van der Waals surface area contributed by atoms with Gasteiger partial charge in [0, 0.05) is 17.9 Å². The van der Waals surface area contributed by atoms with E-state index in [4.69, 9.17) is 5.73 Å². The molecular weight excluding hydrogens is 725 g/mol. The van der Waals surface area contributed by atoms with Gasteiger partial charge in [0.05, 0.1) is 27.2 Å². The number of amides is 2. The number of nitrogens with two attached hydrogens (primary N) is 1. The summed E-state index contributed by atoms with van der Waals surface area (Å²) in [4.78, 5) is 11.5. The second kappa shape index (κ2) is 15.3. The third kappa shape index (κ3) is 8.78. The number of halogens is 3. The van der Waals surface area contributed by atoms with Crippen molar-refractivity contribution in [1.82, 2.24) is 0 Å². The molecule has 0 aliphatic heterocycles. The van der Waals surface area contributed by atoms with Gasteiger partial charge in [-0.05, 0) is 91.2 Å². The van der Waals surface area contributed by atoms with E-state index in [1.165, 1.54) is 60.7 Å². The number of nitrogens with zero attached hydrogens (tertiary/aromatic N) is 3. The Morgan fingerprint density at radius 2 is 1.47 bits per heavy atom. The number of aromatic hydroxyl groups is 1. The number of urea groups is 1. The van der Waals surface area contributed by atoms with Crippen LogP contribution < -0.4 is 50.2 Å². The van der Waals surface area contributed by atoms with Gasteiger partial charge in [0.2, 0.25) is 0 Å². The van der Waals surface area contributed by atoms with Crippen LogP contribution in [0.1, 0.15) is 12.5 Å². The molecule has 0 heterocycles. The minimum absolute atomic E-state index is 0. The first-order chi connectivity index (χ1) is 23.5. The fourth-order valence-corrected chi connectivity index (χ4v) is 7.01. The molecule has 0 spiro atoms. The van der Waals surface area contributed by atoms with Gasteiger partial charge < -0.3 is 26.0 Å². The maximum Gasteiger partial charge on any atom is 1.00 e. The molecule has 51 heavy (non-hydrogen) atoms. The Bertz CT molecular complexity index is 2340. The number of phenolic OH excluding ortho intramolecular Hbond substituents is 1. The first-order valence-corrected chi connectivity index (χ1v) is 17.2. The normalized spacial score (nSPS) is 12.0. The van der Waals surface area contributed by atoms with Crippen molar-refractivity contribution in [2.24, 2.45) is 10.2 Å². The van der Waals surface area contributed by atoms with E-state index in [-0.39, 0.29) is 85.9 Å². The van der Waals surface area contributed by atoms with E-state index >= 15 is 0 Å². The number of azo groups is 1. The van der Waals surface area contributed by atoms with Gasteiger partial charge in [-0.3, -0.25) is 4.31 Å². The SMILES string of the molecule is CCN(c1ccc(NC(=O)Nc2ccc(C(F)(F)F)cc2)cc1)S(=O)(=O)c1ccccc1N=Nc1c(N)ccc2cc(S(=O)(=O)[O-])cc(O)c12.[Na+]. The van der Waals surface area contributed by atoms with Crippen LogP contribution in [0.3, 0.4) is 0 Å². The maximum absolute atomic E-state index is 13.9. The molecule has 0 fully saturated rings. The summed E-state index contributed by atoms with van der Waals surface area (Å²) in [5, 5.41) is 23.8. The van der Waals surface area contributed by atoms with Gasteiger partial charge in [0.1, 0.15) is 32.1 Å². The number of hydrogen-bond acceptors (Lipinski definition) is 10. The predicted octanol–water partition coefficient (Wildman–Crippen LogP) is 4.33. The van der Waals surface area contributed by atoms with Crippen molar-refractivity contribution in [1.29, 1.82) is 0 Å². The van der Waals surface area contributed by atoms with Crippen molar-refractivity contribution >= 4 is 71.1 Å². The van der Waals surface area contributed by atoms with Crippen LogP contribution in [0.25, 0.3) is 10.8 Å². The Morgan fingerprint density at radius 1 is 0.882 bits per heavy atom. The number of phenols is 1. The summed E-state index contributed by atoms with van der Waals surface area (Å²) >= 11 is 0. The predicted molar refractivity (Wildman–Crippen MR) is 179 cm³/mol. The van der Waals surface area contributed by atoms with E-state index in [2.05, 4.69) is 20.9 Å². The number of carbonyl (C=O) groups is 1. The van der Waals surface area contributed by atoms with Crippen molar-refractivity contribution in [3.8, 4) is 5.75 Å². The van der Waals surface area contributed by atoms with Crippen LogP contribution in [0.2, 0.25) is 0 Å². The molecule has 13 nitrogen and oxygen atoms in total. The molecular formula is C32H26F3N6NaO7S2. The van der Waals surface area contributed by atoms with Crippen molar-refractivity contribution < 1.29 is 74.0 Å². The number of hydrogen-bond donors (Lipinski definition) is 4. The zero-order valence-electron chi connectivity index (χ0n) is 26.7. The Hall–Kier alpha value is -4.72. The fourth-order valence-electron chi connectivity index (χ4n) is 4.89. The molecule has 0 bridgehead atoms. The summed E-state index contributed by atoms with van der Waals surface area (Å²) in [6.07, 6.45) is -4.52. The average Bonchev–Trinajstić information content (AvgIpc) is 3.05. The third-order valence-electron chi connectivity index (χ3n) is 7.22. The zero-order chi connectivity index (χ0) is 36.4. The molecule has 0 aliphatic rings. The van der Waals surface area contributed by atoms with Gasteiger partial charge in [0.15, 0.2) is 0 Å². The first kappa shape index (κ1) is 39.1. The van der Waals surface area contributed by atoms with Gasteiger partial charge in [-0.1, -0.05) is 18.2 Å². The zero-order valence-corrected chi connectivity index (χ0v) is 30.3. The van der Waals surface area contributed by atoms with Crippen molar-refractivity contribution in [3.05, 3.63) is 103 Å². The molecule has 0 saturated heterocycles. The van der Waals surface area contributed by atoms with Gasteiger partial charge in [-0.2, -0.15) is 13.2 Å². The molecule has 0 atom stereocenters. The van der Waals surface area contributed by atoms with Gasteiger partial charge >= 0.3 is 41.8 Å². The number of benzene rings is 5. The molecule has 2 amide bonds. The number of anilines is 4. The second-order valence-corrected chi connectivity index (χ2v) is 13.7. The van der Waals surface area contributed by atoms with Crippen LogP contribution in [0, 0.1) is 0 Å². The Morgan fingerprint density at radius 3 is 2.04 bits per heavy atom. The minimum Gasteiger partial charge on any atom is -0.744 e. The number of alkyl halides is 3. The molecule has 0 aliphatic carbocycles. The summed E-state index contributed by atoms with van der Waals surface area (Å²) in [7, 11) is -9.19. The van der Waals surface area contributed by atoms with E-state index in [1.807, 2.05) is 0 Å². The van der Waals surface area contributed by atoms with Crippen LogP contribution in [-0.4, -0.2) is 39.1 Å². The molecule has 260 valence electrons. The monoisotopic (exact) mass is 750 g/mol. The van der Waals surface area contributed by atoms with Crippen LogP contribution in [-0.2, 0) is 26.3 Å². The van der Waals surface area contributed by atoms with Crippen molar-refractivity contribution in [2.45, 2.75) is 22.9 Å². The Labute approximate surface area is 312 Å². The number of sulfonamides is 1. The molecule has 5 aromatic rings. The molecule has 5 N–H and O–H groups in total. The standard InChI is InChI=1S/C32H27F3N6O7S2.Na/c1-2-41(23-14-12-22(13-15-23)38-31(43)37-21-10-8-20(9-11-21)32(33,34)35)49(44,45)28-6-4-3-5-26(28)39-40-30-25(36)16-7-19-17-24(50(46,47)48)18-27(42)29(19)30;/h3-18,42H,2,36H2,1H3,(H2,37,38,43)(H,46,47,48);/q;+1/p-1. The quantitative estimate of drug-likeness (QED) is 0.0737.